The Morgan fingerprint density at radius 1 is 1.33 bits per heavy atom. The standard InChI is InChI=1S/C13H22N4O3S/c1-21(18,19)16-6-3-11(4-7-16)17-8-9-20-10-13(17)12-2-5-14-15-12/h2,5,11,13H,3-4,6-10H2,1H3,(H,14,15). The number of nitrogens with zero attached hydrogens (tertiary/aromatic N) is 3. The van der Waals surface area contributed by atoms with Crippen molar-refractivity contribution in [1.29, 1.82) is 0 Å². The van der Waals surface area contributed by atoms with Crippen molar-refractivity contribution in [2.24, 2.45) is 0 Å². The molecule has 1 atom stereocenters. The lowest BCUT2D eigenvalue weighted by Crippen LogP contribution is -2.51. The molecule has 3 rings (SSSR count). The zero-order valence-corrected chi connectivity index (χ0v) is 13.1. The number of rotatable bonds is 3. The van der Waals surface area contributed by atoms with E-state index >= 15 is 0 Å². The van der Waals surface area contributed by atoms with Crippen LogP contribution in [0.2, 0.25) is 0 Å². The van der Waals surface area contributed by atoms with Crippen LogP contribution in [0.5, 0.6) is 0 Å². The summed E-state index contributed by atoms with van der Waals surface area (Å²) >= 11 is 0. The molecular formula is C13H22N4O3S. The van der Waals surface area contributed by atoms with Gasteiger partial charge in [0.25, 0.3) is 0 Å². The zero-order valence-electron chi connectivity index (χ0n) is 12.2. The summed E-state index contributed by atoms with van der Waals surface area (Å²) in [7, 11) is -3.06. The maximum absolute atomic E-state index is 11.6. The molecule has 0 saturated carbocycles. The minimum atomic E-state index is -3.06. The fraction of sp³-hybridized carbons (Fsp3) is 0.769. The number of ether oxygens (including phenoxy) is 1. The van der Waals surface area contributed by atoms with Crippen molar-refractivity contribution in [2.45, 2.75) is 24.9 Å². The van der Waals surface area contributed by atoms with E-state index in [0.717, 1.165) is 31.7 Å². The van der Waals surface area contributed by atoms with Crippen molar-refractivity contribution in [3.8, 4) is 0 Å². The van der Waals surface area contributed by atoms with Gasteiger partial charge < -0.3 is 4.74 Å². The molecule has 0 bridgehead atoms. The predicted octanol–water partition coefficient (Wildman–Crippen LogP) is 0.207. The fourth-order valence-corrected chi connectivity index (χ4v) is 4.15. The van der Waals surface area contributed by atoms with Gasteiger partial charge in [-0.15, -0.1) is 0 Å². The molecule has 118 valence electrons. The molecule has 2 fully saturated rings. The highest BCUT2D eigenvalue weighted by Crippen LogP contribution is 2.29. The van der Waals surface area contributed by atoms with Crippen LogP contribution in [0.4, 0.5) is 0 Å². The van der Waals surface area contributed by atoms with Crippen molar-refractivity contribution in [3.63, 3.8) is 0 Å². The highest BCUT2D eigenvalue weighted by atomic mass is 32.2. The summed E-state index contributed by atoms with van der Waals surface area (Å²) < 4.78 is 30.4. The number of aromatic nitrogens is 2. The van der Waals surface area contributed by atoms with Crippen LogP contribution >= 0.6 is 0 Å². The van der Waals surface area contributed by atoms with Crippen LogP contribution in [0, 0.1) is 0 Å². The minimum absolute atomic E-state index is 0.191. The van der Waals surface area contributed by atoms with E-state index in [1.807, 2.05) is 6.07 Å². The van der Waals surface area contributed by atoms with Crippen LogP contribution in [-0.4, -0.2) is 73.0 Å². The Labute approximate surface area is 125 Å². The molecule has 1 N–H and O–H groups in total. The Bertz CT molecular complexity index is 552. The third-order valence-corrected chi connectivity index (χ3v) is 5.72. The predicted molar refractivity (Wildman–Crippen MR) is 78.3 cm³/mol. The molecule has 2 aliphatic heterocycles. The second-order valence-corrected chi connectivity index (χ2v) is 7.72. The van der Waals surface area contributed by atoms with E-state index in [-0.39, 0.29) is 6.04 Å². The number of hydrogen-bond acceptors (Lipinski definition) is 5. The Kier molecular flexibility index (Phi) is 4.30. The second-order valence-electron chi connectivity index (χ2n) is 5.73. The third kappa shape index (κ3) is 3.28. The molecule has 0 spiro atoms. The number of aromatic amines is 1. The quantitative estimate of drug-likeness (QED) is 0.863. The third-order valence-electron chi connectivity index (χ3n) is 4.41. The molecule has 1 aromatic rings. The lowest BCUT2D eigenvalue weighted by atomic mass is 10.0. The molecule has 8 heteroatoms. The van der Waals surface area contributed by atoms with Gasteiger partial charge in [0.05, 0.1) is 31.2 Å². The Morgan fingerprint density at radius 2 is 2.10 bits per heavy atom. The van der Waals surface area contributed by atoms with Crippen LogP contribution in [0.3, 0.4) is 0 Å². The number of morpholine rings is 1. The lowest BCUT2D eigenvalue weighted by molar-refractivity contribution is -0.0405. The highest BCUT2D eigenvalue weighted by Gasteiger charge is 2.34. The van der Waals surface area contributed by atoms with Gasteiger partial charge in [-0.05, 0) is 18.9 Å². The average Bonchev–Trinajstić information content (AvgIpc) is 3.01. The molecular weight excluding hydrogens is 292 g/mol. The molecule has 2 saturated heterocycles. The monoisotopic (exact) mass is 314 g/mol. The van der Waals surface area contributed by atoms with Crippen molar-refractivity contribution in [1.82, 2.24) is 19.4 Å². The first kappa shape index (κ1) is 15.0. The summed E-state index contributed by atoms with van der Waals surface area (Å²) in [6.07, 6.45) is 4.79. The van der Waals surface area contributed by atoms with E-state index in [9.17, 15) is 8.42 Å². The average molecular weight is 314 g/mol. The minimum Gasteiger partial charge on any atom is -0.378 e. The van der Waals surface area contributed by atoms with E-state index in [1.54, 1.807) is 10.5 Å². The van der Waals surface area contributed by atoms with E-state index < -0.39 is 10.0 Å². The summed E-state index contributed by atoms with van der Waals surface area (Å²) in [4.78, 5) is 2.44. The van der Waals surface area contributed by atoms with Crippen LogP contribution in [0.25, 0.3) is 0 Å². The second kappa shape index (κ2) is 6.04. The van der Waals surface area contributed by atoms with Crippen molar-refractivity contribution < 1.29 is 13.2 Å². The molecule has 3 heterocycles. The maximum Gasteiger partial charge on any atom is 0.211 e. The summed E-state index contributed by atoms with van der Waals surface area (Å²) in [5, 5.41) is 7.06. The highest BCUT2D eigenvalue weighted by molar-refractivity contribution is 7.88. The number of H-pyrrole nitrogens is 1. The number of hydrogen-bond donors (Lipinski definition) is 1. The van der Waals surface area contributed by atoms with Crippen LogP contribution in [-0.2, 0) is 14.8 Å². The van der Waals surface area contributed by atoms with Gasteiger partial charge >= 0.3 is 0 Å². The number of sulfonamides is 1. The first-order valence-corrected chi connectivity index (χ1v) is 9.18. The first-order valence-electron chi connectivity index (χ1n) is 7.33. The number of nitrogens with one attached hydrogen (secondary N) is 1. The number of piperidine rings is 1. The van der Waals surface area contributed by atoms with E-state index in [2.05, 4.69) is 15.1 Å². The van der Waals surface area contributed by atoms with Gasteiger partial charge in [0, 0.05) is 31.9 Å². The van der Waals surface area contributed by atoms with Crippen LogP contribution < -0.4 is 0 Å². The molecule has 0 aliphatic carbocycles. The lowest BCUT2D eigenvalue weighted by Gasteiger charge is -2.43. The summed E-state index contributed by atoms with van der Waals surface area (Å²) in [6, 6.07) is 2.58. The Balaban J connectivity index is 1.68. The zero-order chi connectivity index (χ0) is 14.9. The van der Waals surface area contributed by atoms with Crippen LogP contribution in [0.15, 0.2) is 12.3 Å². The normalized spacial score (nSPS) is 27.0. The van der Waals surface area contributed by atoms with Crippen molar-refractivity contribution in [2.75, 3.05) is 39.1 Å². The molecule has 1 unspecified atom stereocenters. The van der Waals surface area contributed by atoms with Gasteiger partial charge in [0.2, 0.25) is 10.0 Å². The summed E-state index contributed by atoms with van der Waals surface area (Å²) in [5.74, 6) is 0. The van der Waals surface area contributed by atoms with E-state index in [4.69, 9.17) is 4.74 Å². The van der Waals surface area contributed by atoms with E-state index in [1.165, 1.54) is 6.26 Å². The van der Waals surface area contributed by atoms with Gasteiger partial charge in [-0.25, -0.2) is 12.7 Å². The van der Waals surface area contributed by atoms with Crippen LogP contribution in [0.1, 0.15) is 24.6 Å². The van der Waals surface area contributed by atoms with Gasteiger partial charge in [0.1, 0.15) is 0 Å². The Hall–Kier alpha value is -0.960. The van der Waals surface area contributed by atoms with Gasteiger partial charge in [0.15, 0.2) is 0 Å². The SMILES string of the molecule is CS(=O)(=O)N1CCC(N2CCOCC2c2ccn[nH]2)CC1. The van der Waals surface area contributed by atoms with E-state index in [0.29, 0.717) is 25.7 Å². The summed E-state index contributed by atoms with van der Waals surface area (Å²) in [6.45, 7) is 3.49. The maximum atomic E-state index is 11.6. The fourth-order valence-electron chi connectivity index (χ4n) is 3.28. The smallest absolute Gasteiger partial charge is 0.211 e. The van der Waals surface area contributed by atoms with Gasteiger partial charge in [-0.2, -0.15) is 5.10 Å². The molecule has 0 radical (unpaired) electrons. The van der Waals surface area contributed by atoms with Crippen molar-refractivity contribution in [3.05, 3.63) is 18.0 Å². The topological polar surface area (TPSA) is 78.5 Å². The van der Waals surface area contributed by atoms with Gasteiger partial charge in [-0.1, -0.05) is 0 Å². The largest absolute Gasteiger partial charge is 0.378 e. The molecule has 21 heavy (non-hydrogen) atoms. The molecule has 2 aliphatic rings. The molecule has 1 aromatic heterocycles. The summed E-state index contributed by atoms with van der Waals surface area (Å²) in [5.41, 5.74) is 1.07. The molecule has 0 aromatic carbocycles. The molecule has 0 amide bonds. The van der Waals surface area contributed by atoms with Crippen molar-refractivity contribution >= 4 is 10.0 Å². The first-order chi connectivity index (χ1) is 10.1. The van der Waals surface area contributed by atoms with Gasteiger partial charge in [-0.3, -0.25) is 10.00 Å². The Morgan fingerprint density at radius 3 is 2.71 bits per heavy atom. The molecule has 7 nitrogen and oxygen atoms in total.